The van der Waals surface area contributed by atoms with E-state index in [0.717, 1.165) is 82.2 Å². The molecule has 1 saturated heterocycles. The molecule has 7 nitrogen and oxygen atoms in total. The topological polar surface area (TPSA) is 92.0 Å². The number of primary amides is 1. The second-order valence-corrected chi connectivity index (χ2v) is 7.70. The lowest BCUT2D eigenvalue weighted by atomic mass is 9.97. The number of aliphatic imine (C=N–C) groups is 1. The Morgan fingerprint density at radius 2 is 2.20 bits per heavy atom. The summed E-state index contributed by atoms with van der Waals surface area (Å²) in [6.07, 6.45) is 3.70. The highest BCUT2D eigenvalue weighted by Crippen LogP contribution is 2.22. The Bertz CT molecular complexity index is 689. The molecule has 1 fully saturated rings. The number of nitrogens with zero attached hydrogens (tertiary/aromatic N) is 2. The molecule has 1 amide bonds. The number of likely N-dealkylation sites (tertiary alicyclic amines) is 1. The van der Waals surface area contributed by atoms with Crippen molar-refractivity contribution in [3.05, 3.63) is 28.8 Å². The summed E-state index contributed by atoms with van der Waals surface area (Å²) >= 11 is 6.30. The molecule has 1 aliphatic heterocycles. The highest BCUT2D eigenvalue weighted by atomic mass is 127. The van der Waals surface area contributed by atoms with E-state index in [0.29, 0.717) is 5.02 Å². The van der Waals surface area contributed by atoms with Crippen LogP contribution in [-0.2, 0) is 11.2 Å². The van der Waals surface area contributed by atoms with E-state index in [1.165, 1.54) is 0 Å². The van der Waals surface area contributed by atoms with Gasteiger partial charge in [-0.25, -0.2) is 0 Å². The van der Waals surface area contributed by atoms with Crippen molar-refractivity contribution in [2.24, 2.45) is 16.6 Å². The van der Waals surface area contributed by atoms with Gasteiger partial charge >= 0.3 is 0 Å². The summed E-state index contributed by atoms with van der Waals surface area (Å²) in [5.41, 5.74) is 6.53. The van der Waals surface area contributed by atoms with Gasteiger partial charge in [-0.3, -0.25) is 9.79 Å². The fraction of sp³-hybridized carbons (Fsp3) is 0.619. The van der Waals surface area contributed by atoms with E-state index in [4.69, 9.17) is 22.1 Å². The number of nitrogens with one attached hydrogen (secondary N) is 2. The summed E-state index contributed by atoms with van der Waals surface area (Å²) in [7, 11) is 1.63. The zero-order valence-electron chi connectivity index (χ0n) is 18.0. The van der Waals surface area contributed by atoms with Crippen molar-refractivity contribution in [1.82, 2.24) is 15.5 Å². The SMILES string of the molecule is CCNC(=NCCCN1CCCC(C(N)=O)C1)NCCc1ccc(OC)cc1Cl.I. The number of amides is 1. The van der Waals surface area contributed by atoms with E-state index in [-0.39, 0.29) is 35.8 Å². The summed E-state index contributed by atoms with van der Waals surface area (Å²) < 4.78 is 5.19. The minimum Gasteiger partial charge on any atom is -0.497 e. The van der Waals surface area contributed by atoms with Crippen molar-refractivity contribution in [2.75, 3.05) is 46.4 Å². The van der Waals surface area contributed by atoms with Gasteiger partial charge in [0.25, 0.3) is 0 Å². The van der Waals surface area contributed by atoms with Crippen LogP contribution in [-0.4, -0.2) is 63.1 Å². The number of piperidine rings is 1. The Morgan fingerprint density at radius 1 is 1.40 bits per heavy atom. The molecule has 0 saturated carbocycles. The maximum Gasteiger partial charge on any atom is 0.221 e. The molecule has 4 N–H and O–H groups in total. The van der Waals surface area contributed by atoms with Crippen molar-refractivity contribution in [2.45, 2.75) is 32.6 Å². The van der Waals surface area contributed by atoms with E-state index < -0.39 is 0 Å². The number of rotatable bonds is 10. The van der Waals surface area contributed by atoms with Crippen molar-refractivity contribution in [3.63, 3.8) is 0 Å². The second kappa shape index (κ2) is 14.7. The zero-order valence-corrected chi connectivity index (χ0v) is 21.0. The van der Waals surface area contributed by atoms with Crippen molar-refractivity contribution in [3.8, 4) is 5.75 Å². The number of ether oxygens (including phenoxy) is 1. The number of carbonyl (C=O) groups is 1. The van der Waals surface area contributed by atoms with Crippen LogP contribution in [0.4, 0.5) is 0 Å². The zero-order chi connectivity index (χ0) is 21.1. The highest BCUT2D eigenvalue weighted by Gasteiger charge is 2.23. The molecule has 1 atom stereocenters. The molecule has 1 aromatic rings. The Balaban J connectivity index is 0.00000450. The fourth-order valence-electron chi connectivity index (χ4n) is 3.49. The van der Waals surface area contributed by atoms with E-state index in [2.05, 4.69) is 27.4 Å². The predicted octanol–water partition coefficient (Wildman–Crippen LogP) is 2.65. The molecule has 0 bridgehead atoms. The average Bonchev–Trinajstić information content (AvgIpc) is 2.72. The van der Waals surface area contributed by atoms with Crippen LogP contribution in [0.25, 0.3) is 0 Å². The first-order chi connectivity index (χ1) is 14.0. The van der Waals surface area contributed by atoms with Crippen molar-refractivity contribution >= 4 is 47.4 Å². The molecule has 30 heavy (non-hydrogen) atoms. The molecule has 1 heterocycles. The third-order valence-corrected chi connectivity index (χ3v) is 5.45. The summed E-state index contributed by atoms with van der Waals surface area (Å²) in [5, 5.41) is 7.34. The first-order valence-electron chi connectivity index (χ1n) is 10.4. The van der Waals surface area contributed by atoms with E-state index >= 15 is 0 Å². The average molecular weight is 552 g/mol. The van der Waals surface area contributed by atoms with Crippen LogP contribution in [0.5, 0.6) is 5.75 Å². The molecule has 0 aliphatic carbocycles. The number of benzene rings is 1. The third kappa shape index (κ3) is 9.26. The smallest absolute Gasteiger partial charge is 0.221 e. The summed E-state index contributed by atoms with van der Waals surface area (Å²) in [5.74, 6) is 1.39. The minimum atomic E-state index is -0.177. The molecule has 1 aliphatic rings. The molecular weight excluding hydrogens is 517 g/mol. The molecule has 1 unspecified atom stereocenters. The second-order valence-electron chi connectivity index (χ2n) is 7.29. The number of methoxy groups -OCH3 is 1. The molecule has 0 radical (unpaired) electrons. The van der Waals surface area contributed by atoms with E-state index in [9.17, 15) is 4.79 Å². The molecular formula is C21H35ClIN5O2. The minimum absolute atomic E-state index is 0. The van der Waals surface area contributed by atoms with Gasteiger partial charge in [0.15, 0.2) is 5.96 Å². The molecule has 9 heteroatoms. The maximum absolute atomic E-state index is 11.4. The number of nitrogens with two attached hydrogens (primary N) is 1. The van der Waals surface area contributed by atoms with Gasteiger partial charge in [0.1, 0.15) is 5.75 Å². The Kier molecular flexibility index (Phi) is 13.1. The quantitative estimate of drug-likeness (QED) is 0.180. The number of guanidine groups is 1. The highest BCUT2D eigenvalue weighted by molar-refractivity contribution is 14.0. The van der Waals surface area contributed by atoms with Crippen LogP contribution < -0.4 is 21.1 Å². The first-order valence-corrected chi connectivity index (χ1v) is 10.8. The van der Waals surface area contributed by atoms with Crippen LogP contribution in [0.3, 0.4) is 0 Å². The van der Waals surface area contributed by atoms with Crippen LogP contribution >= 0.6 is 35.6 Å². The van der Waals surface area contributed by atoms with Crippen LogP contribution in [0.15, 0.2) is 23.2 Å². The summed E-state index contributed by atoms with van der Waals surface area (Å²) in [4.78, 5) is 18.4. The predicted molar refractivity (Wildman–Crippen MR) is 134 cm³/mol. The molecule has 0 aromatic heterocycles. The van der Waals surface area contributed by atoms with Gasteiger partial charge in [0, 0.05) is 31.2 Å². The van der Waals surface area contributed by atoms with Gasteiger partial charge in [-0.1, -0.05) is 17.7 Å². The van der Waals surface area contributed by atoms with Crippen molar-refractivity contribution in [1.29, 1.82) is 0 Å². The molecule has 170 valence electrons. The molecule has 0 spiro atoms. The Hall–Kier alpha value is -1.26. The number of hydrogen-bond acceptors (Lipinski definition) is 4. The fourth-order valence-corrected chi connectivity index (χ4v) is 3.76. The Labute approximate surface area is 202 Å². The van der Waals surface area contributed by atoms with Gasteiger partial charge in [-0.05, 0) is 63.4 Å². The van der Waals surface area contributed by atoms with Gasteiger partial charge in [-0.15, -0.1) is 24.0 Å². The normalized spacial score (nSPS) is 17.2. The van der Waals surface area contributed by atoms with Gasteiger partial charge < -0.3 is 26.0 Å². The van der Waals surface area contributed by atoms with Gasteiger partial charge in [-0.2, -0.15) is 0 Å². The van der Waals surface area contributed by atoms with Crippen LogP contribution in [0, 0.1) is 5.92 Å². The molecule has 2 rings (SSSR count). The number of carbonyl (C=O) groups excluding carboxylic acids is 1. The monoisotopic (exact) mass is 551 g/mol. The van der Waals surface area contributed by atoms with Crippen LogP contribution in [0.2, 0.25) is 5.02 Å². The summed E-state index contributed by atoms with van der Waals surface area (Å²) in [6, 6.07) is 5.74. The van der Waals surface area contributed by atoms with Gasteiger partial charge in [0.2, 0.25) is 5.91 Å². The third-order valence-electron chi connectivity index (χ3n) is 5.10. The van der Waals surface area contributed by atoms with E-state index in [1.54, 1.807) is 7.11 Å². The van der Waals surface area contributed by atoms with E-state index in [1.807, 2.05) is 18.2 Å². The first kappa shape index (κ1) is 26.8. The maximum atomic E-state index is 11.4. The molecule has 1 aromatic carbocycles. The van der Waals surface area contributed by atoms with Crippen LogP contribution in [0.1, 0.15) is 31.7 Å². The largest absolute Gasteiger partial charge is 0.497 e. The van der Waals surface area contributed by atoms with Crippen molar-refractivity contribution < 1.29 is 9.53 Å². The number of halogens is 2. The van der Waals surface area contributed by atoms with Gasteiger partial charge in [0.05, 0.1) is 13.0 Å². The Morgan fingerprint density at radius 3 is 2.87 bits per heavy atom. The summed E-state index contributed by atoms with van der Waals surface area (Å²) in [6.45, 7) is 7.08. The number of hydrogen-bond donors (Lipinski definition) is 3. The lowest BCUT2D eigenvalue weighted by Crippen LogP contribution is -2.41. The lowest BCUT2D eigenvalue weighted by Gasteiger charge is -2.30. The lowest BCUT2D eigenvalue weighted by molar-refractivity contribution is -0.123. The standard InChI is InChI=1S/C21H34ClN5O2.HI/c1-3-24-21(26-11-9-16-7-8-18(29-2)14-19(16)22)25-10-5-13-27-12-4-6-17(15-27)20(23)28;/h7-8,14,17H,3-6,9-13,15H2,1-2H3,(H2,23,28)(H2,24,25,26);1H.